The summed E-state index contributed by atoms with van der Waals surface area (Å²) in [6.07, 6.45) is 1.03. The summed E-state index contributed by atoms with van der Waals surface area (Å²) in [5, 5.41) is 9.19. The second-order valence-corrected chi connectivity index (χ2v) is 5.80. The van der Waals surface area contributed by atoms with Crippen LogP contribution < -0.4 is 0 Å². The summed E-state index contributed by atoms with van der Waals surface area (Å²) in [6, 6.07) is 9.00. The molecule has 1 heterocycles. The Bertz CT molecular complexity index is 486. The fourth-order valence-electron chi connectivity index (χ4n) is 2.57. The van der Waals surface area contributed by atoms with Gasteiger partial charge in [0.25, 0.3) is 0 Å². The van der Waals surface area contributed by atoms with Crippen LogP contribution in [0.1, 0.15) is 16.7 Å². The van der Waals surface area contributed by atoms with Crippen LogP contribution in [0.3, 0.4) is 0 Å². The highest BCUT2D eigenvalue weighted by molar-refractivity contribution is 5.30. The summed E-state index contributed by atoms with van der Waals surface area (Å²) in [7, 11) is 2.08. The summed E-state index contributed by atoms with van der Waals surface area (Å²) < 4.78 is 5.18. The van der Waals surface area contributed by atoms with Gasteiger partial charge in [-0.05, 0) is 38.4 Å². The number of ether oxygens (including phenoxy) is 1. The minimum atomic E-state index is -0.267. The Morgan fingerprint density at radius 3 is 2.63 bits per heavy atom. The Morgan fingerprint density at radius 2 is 2.11 bits per heavy atom. The first kappa shape index (κ1) is 14.0. The molecule has 3 heteroatoms. The molecule has 1 fully saturated rings. The summed E-state index contributed by atoms with van der Waals surface area (Å²) >= 11 is 0. The van der Waals surface area contributed by atoms with E-state index in [1.165, 1.54) is 16.7 Å². The van der Waals surface area contributed by atoms with E-state index in [2.05, 4.69) is 50.1 Å². The number of nitrogens with zero attached hydrogens (tertiary/aromatic N) is 2. The lowest BCUT2D eigenvalue weighted by molar-refractivity contribution is -0.0886. The largest absolute Gasteiger partial charge is 0.378 e. The predicted molar refractivity (Wildman–Crippen MR) is 76.0 cm³/mol. The first-order valence-electron chi connectivity index (χ1n) is 6.78. The number of nitriles is 1. The molecule has 0 spiro atoms. The number of hydrogen-bond donors (Lipinski definition) is 0. The summed E-state index contributed by atoms with van der Waals surface area (Å²) in [6.45, 7) is 7.23. The zero-order valence-corrected chi connectivity index (χ0v) is 12.1. The van der Waals surface area contributed by atoms with E-state index in [9.17, 15) is 5.26 Å². The van der Waals surface area contributed by atoms with Gasteiger partial charge in [-0.25, -0.2) is 0 Å². The molecule has 0 aliphatic carbocycles. The van der Waals surface area contributed by atoms with Crippen molar-refractivity contribution in [1.82, 2.24) is 4.90 Å². The van der Waals surface area contributed by atoms with Crippen LogP contribution in [0, 0.1) is 30.6 Å². The third kappa shape index (κ3) is 3.34. The molecule has 0 radical (unpaired) electrons. The molecule has 0 N–H and O–H groups in total. The van der Waals surface area contributed by atoms with E-state index in [4.69, 9.17) is 4.74 Å². The van der Waals surface area contributed by atoms with E-state index in [1.54, 1.807) is 0 Å². The van der Waals surface area contributed by atoms with Gasteiger partial charge in [-0.3, -0.25) is 0 Å². The lowest BCUT2D eigenvalue weighted by Gasteiger charge is -2.38. The van der Waals surface area contributed by atoms with Gasteiger partial charge in [0.05, 0.1) is 19.3 Å². The van der Waals surface area contributed by atoms with Gasteiger partial charge < -0.3 is 9.64 Å². The molecular formula is C16H22N2O. The minimum absolute atomic E-state index is 0.267. The average Bonchev–Trinajstić information content (AvgIpc) is 2.33. The number of rotatable bonds is 5. The Labute approximate surface area is 115 Å². The van der Waals surface area contributed by atoms with Crippen LogP contribution in [-0.4, -0.2) is 38.3 Å². The number of likely N-dealkylation sites (N-methyl/N-ethyl adjacent to an activating group) is 1. The lowest BCUT2D eigenvalue weighted by Crippen LogP contribution is -2.49. The second kappa shape index (κ2) is 5.73. The second-order valence-electron chi connectivity index (χ2n) is 5.80. The molecule has 102 valence electrons. The van der Waals surface area contributed by atoms with Gasteiger partial charge in [0.15, 0.2) is 0 Å². The maximum atomic E-state index is 9.19. The SMILES string of the molecule is Cc1ccc(CCN(C)CC2(C#N)COC2)c(C)c1. The molecular weight excluding hydrogens is 236 g/mol. The van der Waals surface area contributed by atoms with Crippen molar-refractivity contribution in [1.29, 1.82) is 5.26 Å². The summed E-state index contributed by atoms with van der Waals surface area (Å²) in [5.41, 5.74) is 3.80. The van der Waals surface area contributed by atoms with Gasteiger partial charge in [0.2, 0.25) is 0 Å². The lowest BCUT2D eigenvalue weighted by atomic mass is 9.87. The molecule has 3 nitrogen and oxygen atoms in total. The number of benzene rings is 1. The summed E-state index contributed by atoms with van der Waals surface area (Å²) in [5.74, 6) is 0. The first-order valence-corrected chi connectivity index (χ1v) is 6.78. The highest BCUT2D eigenvalue weighted by Crippen LogP contribution is 2.27. The molecule has 1 aromatic rings. The molecule has 1 aliphatic heterocycles. The average molecular weight is 258 g/mol. The van der Waals surface area contributed by atoms with Gasteiger partial charge in [-0.1, -0.05) is 23.8 Å². The van der Waals surface area contributed by atoms with E-state index >= 15 is 0 Å². The van der Waals surface area contributed by atoms with Gasteiger partial charge >= 0.3 is 0 Å². The van der Waals surface area contributed by atoms with Crippen LogP contribution in [0.4, 0.5) is 0 Å². The van der Waals surface area contributed by atoms with Crippen molar-refractivity contribution < 1.29 is 4.74 Å². The van der Waals surface area contributed by atoms with E-state index in [1.807, 2.05) is 0 Å². The highest BCUT2D eigenvalue weighted by atomic mass is 16.5. The molecule has 0 bridgehead atoms. The molecule has 19 heavy (non-hydrogen) atoms. The van der Waals surface area contributed by atoms with Crippen molar-refractivity contribution >= 4 is 0 Å². The van der Waals surface area contributed by atoms with Crippen molar-refractivity contribution in [3.63, 3.8) is 0 Å². The van der Waals surface area contributed by atoms with Crippen molar-refractivity contribution in [3.05, 3.63) is 34.9 Å². The first-order chi connectivity index (χ1) is 9.04. The third-order valence-corrected chi connectivity index (χ3v) is 3.83. The monoisotopic (exact) mass is 258 g/mol. The van der Waals surface area contributed by atoms with Crippen LogP contribution in [0.2, 0.25) is 0 Å². The van der Waals surface area contributed by atoms with E-state index in [0.717, 1.165) is 19.5 Å². The molecule has 0 atom stereocenters. The quantitative estimate of drug-likeness (QED) is 0.813. The van der Waals surface area contributed by atoms with Crippen LogP contribution in [0.25, 0.3) is 0 Å². The van der Waals surface area contributed by atoms with Gasteiger partial charge in [0.1, 0.15) is 5.41 Å². The van der Waals surface area contributed by atoms with Crippen LogP contribution in [0.5, 0.6) is 0 Å². The molecule has 1 aliphatic rings. The van der Waals surface area contributed by atoms with E-state index in [-0.39, 0.29) is 5.41 Å². The Balaban J connectivity index is 1.86. The maximum absolute atomic E-state index is 9.19. The normalized spacial score (nSPS) is 17.0. The third-order valence-electron chi connectivity index (χ3n) is 3.83. The van der Waals surface area contributed by atoms with Crippen LogP contribution in [-0.2, 0) is 11.2 Å². The highest BCUT2D eigenvalue weighted by Gasteiger charge is 2.39. The number of aryl methyl sites for hydroxylation is 2. The fraction of sp³-hybridized carbons (Fsp3) is 0.562. The fourth-order valence-corrected chi connectivity index (χ4v) is 2.57. The van der Waals surface area contributed by atoms with Crippen molar-refractivity contribution in [2.75, 3.05) is 33.4 Å². The molecule has 1 saturated heterocycles. The van der Waals surface area contributed by atoms with Gasteiger partial charge in [-0.2, -0.15) is 5.26 Å². The van der Waals surface area contributed by atoms with Gasteiger partial charge in [0, 0.05) is 13.1 Å². The van der Waals surface area contributed by atoms with Gasteiger partial charge in [-0.15, -0.1) is 0 Å². The Kier molecular flexibility index (Phi) is 4.24. The molecule has 0 unspecified atom stereocenters. The van der Waals surface area contributed by atoms with Crippen molar-refractivity contribution in [3.8, 4) is 6.07 Å². The van der Waals surface area contributed by atoms with Crippen LogP contribution in [0.15, 0.2) is 18.2 Å². The Hall–Kier alpha value is -1.37. The van der Waals surface area contributed by atoms with E-state index in [0.29, 0.717) is 13.2 Å². The molecule has 0 saturated carbocycles. The topological polar surface area (TPSA) is 36.3 Å². The standard InChI is InChI=1S/C16H22N2O/c1-13-4-5-15(14(2)8-13)6-7-18(3)10-16(9-17)11-19-12-16/h4-5,8H,6-7,10-12H2,1-3H3. The van der Waals surface area contributed by atoms with Crippen molar-refractivity contribution in [2.24, 2.45) is 5.41 Å². The van der Waals surface area contributed by atoms with Crippen LogP contribution >= 0.6 is 0 Å². The smallest absolute Gasteiger partial charge is 0.116 e. The predicted octanol–water partition coefficient (Wildman–Crippen LogP) is 2.32. The van der Waals surface area contributed by atoms with Crippen molar-refractivity contribution in [2.45, 2.75) is 20.3 Å². The molecule has 2 rings (SSSR count). The zero-order chi connectivity index (χ0) is 13.9. The van der Waals surface area contributed by atoms with E-state index < -0.39 is 0 Å². The maximum Gasteiger partial charge on any atom is 0.116 e. The minimum Gasteiger partial charge on any atom is -0.378 e. The molecule has 1 aromatic carbocycles. The molecule has 0 aromatic heterocycles. The Morgan fingerprint density at radius 1 is 1.37 bits per heavy atom. The molecule has 0 amide bonds. The zero-order valence-electron chi connectivity index (χ0n) is 12.1. The summed E-state index contributed by atoms with van der Waals surface area (Å²) in [4.78, 5) is 2.24. The number of hydrogen-bond acceptors (Lipinski definition) is 3.